The zero-order valence-electron chi connectivity index (χ0n) is 16.4. The van der Waals surface area contributed by atoms with Gasteiger partial charge in [0.1, 0.15) is 23.4 Å². The van der Waals surface area contributed by atoms with Gasteiger partial charge in [0.05, 0.1) is 22.5 Å². The van der Waals surface area contributed by atoms with Gasteiger partial charge in [-0.15, -0.1) is 0 Å². The summed E-state index contributed by atoms with van der Waals surface area (Å²) in [5, 5.41) is 17.1. The first-order valence-electron chi connectivity index (χ1n) is 9.39. The number of nitrogens with one attached hydrogen (secondary N) is 1. The third-order valence-electron chi connectivity index (χ3n) is 4.59. The number of hydrogen-bond donors (Lipinski definition) is 3. The number of aromatic nitrogens is 2. The predicted octanol–water partition coefficient (Wildman–Crippen LogP) is 4.34. The van der Waals surface area contributed by atoms with Gasteiger partial charge in [-0.25, -0.2) is 4.98 Å². The molecule has 7 heteroatoms. The first-order valence-corrected chi connectivity index (χ1v) is 9.39. The molecule has 0 saturated carbocycles. The number of amidine groups is 1. The van der Waals surface area contributed by atoms with Crippen LogP contribution in [0.5, 0.6) is 11.5 Å². The lowest BCUT2D eigenvalue weighted by atomic mass is 10.0. The molecular formula is C24H18N6O. The highest BCUT2D eigenvalue weighted by molar-refractivity contribution is 6.05. The highest BCUT2D eigenvalue weighted by Crippen LogP contribution is 2.32. The van der Waals surface area contributed by atoms with Crippen molar-refractivity contribution in [3.8, 4) is 40.1 Å². The summed E-state index contributed by atoms with van der Waals surface area (Å²) in [6, 6.07) is 22.1. The molecule has 0 spiro atoms. The maximum absolute atomic E-state index is 9.15. The summed E-state index contributed by atoms with van der Waals surface area (Å²) >= 11 is 0. The Kier molecular flexibility index (Phi) is 5.28. The van der Waals surface area contributed by atoms with Crippen molar-refractivity contribution in [1.82, 2.24) is 9.97 Å². The molecule has 31 heavy (non-hydrogen) atoms. The van der Waals surface area contributed by atoms with E-state index in [1.807, 2.05) is 54.6 Å². The van der Waals surface area contributed by atoms with Gasteiger partial charge < -0.3 is 16.2 Å². The summed E-state index contributed by atoms with van der Waals surface area (Å²) in [6.45, 7) is 0. The molecule has 4 aromatic rings. The minimum atomic E-state index is -0.180. The fourth-order valence-corrected chi connectivity index (χ4v) is 3.15. The van der Waals surface area contributed by atoms with E-state index in [9.17, 15) is 0 Å². The quantitative estimate of drug-likeness (QED) is 0.333. The van der Waals surface area contributed by atoms with Gasteiger partial charge in [0.2, 0.25) is 0 Å². The highest BCUT2D eigenvalue weighted by Gasteiger charge is 2.17. The Labute approximate surface area is 179 Å². The Balaban J connectivity index is 1.76. The van der Waals surface area contributed by atoms with Crippen molar-refractivity contribution in [3.63, 3.8) is 0 Å². The summed E-state index contributed by atoms with van der Waals surface area (Å²) in [5.41, 5.74) is 15.5. The van der Waals surface area contributed by atoms with Crippen molar-refractivity contribution >= 4 is 11.5 Å². The van der Waals surface area contributed by atoms with Crippen LogP contribution in [0, 0.1) is 16.7 Å². The minimum absolute atomic E-state index is 0.180. The lowest BCUT2D eigenvalue weighted by molar-refractivity contribution is 0.483. The lowest BCUT2D eigenvalue weighted by Gasteiger charge is -2.14. The van der Waals surface area contributed by atoms with Crippen molar-refractivity contribution in [3.05, 3.63) is 90.3 Å². The Morgan fingerprint density at radius 3 is 2.32 bits per heavy atom. The van der Waals surface area contributed by atoms with E-state index in [1.165, 1.54) is 6.20 Å². The van der Waals surface area contributed by atoms with Crippen LogP contribution in [0.2, 0.25) is 0 Å². The van der Waals surface area contributed by atoms with Crippen LogP contribution >= 0.6 is 0 Å². The van der Waals surface area contributed by atoms with Crippen molar-refractivity contribution in [1.29, 1.82) is 10.7 Å². The summed E-state index contributed by atoms with van der Waals surface area (Å²) < 4.78 is 5.84. The summed E-state index contributed by atoms with van der Waals surface area (Å²) in [6.07, 6.45) is 3.08. The molecule has 2 aromatic carbocycles. The fourth-order valence-electron chi connectivity index (χ4n) is 3.15. The first-order chi connectivity index (χ1) is 15.0. The van der Waals surface area contributed by atoms with Crippen LogP contribution in [0.3, 0.4) is 0 Å². The Hall–Kier alpha value is -4.70. The van der Waals surface area contributed by atoms with Crippen molar-refractivity contribution in [2.45, 2.75) is 0 Å². The largest absolute Gasteiger partial charge is 0.457 e. The van der Waals surface area contributed by atoms with Crippen LogP contribution in [0.1, 0.15) is 11.1 Å². The lowest BCUT2D eigenvalue weighted by Crippen LogP contribution is -2.16. The number of rotatable bonds is 5. The Bertz CT molecular complexity index is 1290. The first kappa shape index (κ1) is 19.6. The molecule has 2 heterocycles. The maximum Gasteiger partial charge on any atom is 0.127 e. The molecular weight excluding hydrogens is 388 g/mol. The molecule has 0 aliphatic carbocycles. The van der Waals surface area contributed by atoms with Crippen LogP contribution in [-0.4, -0.2) is 15.8 Å². The SMILES string of the molecule is N#Cc1cncc(-c2cc(N)c(C(=N)N)c(-c3ccc(Oc4ccccc4)cc3)n2)c1. The average molecular weight is 406 g/mol. The number of nitrogens with two attached hydrogens (primary N) is 2. The van der Waals surface area contributed by atoms with Gasteiger partial charge in [0, 0.05) is 29.2 Å². The minimum Gasteiger partial charge on any atom is -0.457 e. The van der Waals surface area contributed by atoms with E-state index in [-0.39, 0.29) is 5.84 Å². The number of pyridine rings is 2. The Morgan fingerprint density at radius 2 is 1.65 bits per heavy atom. The van der Waals surface area contributed by atoms with Gasteiger partial charge >= 0.3 is 0 Å². The van der Waals surface area contributed by atoms with E-state index in [4.69, 9.17) is 31.9 Å². The summed E-state index contributed by atoms with van der Waals surface area (Å²) in [5.74, 6) is 1.21. The van der Waals surface area contributed by atoms with Crippen LogP contribution < -0.4 is 16.2 Å². The van der Waals surface area contributed by atoms with Crippen LogP contribution in [0.4, 0.5) is 5.69 Å². The number of hydrogen-bond acceptors (Lipinski definition) is 6. The average Bonchev–Trinajstić information content (AvgIpc) is 2.79. The molecule has 4 rings (SSSR count). The van der Waals surface area contributed by atoms with Gasteiger partial charge in [-0.05, 0) is 48.5 Å². The molecule has 5 N–H and O–H groups in total. The molecule has 0 atom stereocenters. The number of nitrogen functional groups attached to an aromatic ring is 2. The van der Waals surface area contributed by atoms with E-state index < -0.39 is 0 Å². The van der Waals surface area contributed by atoms with E-state index in [1.54, 1.807) is 18.3 Å². The van der Waals surface area contributed by atoms with E-state index in [0.717, 1.165) is 11.3 Å². The number of nitrogens with zero attached hydrogens (tertiary/aromatic N) is 3. The molecule has 7 nitrogen and oxygen atoms in total. The Morgan fingerprint density at radius 1 is 0.935 bits per heavy atom. The topological polar surface area (TPSA) is 135 Å². The third kappa shape index (κ3) is 4.18. The van der Waals surface area contributed by atoms with E-state index >= 15 is 0 Å². The second kappa shape index (κ2) is 8.35. The van der Waals surface area contributed by atoms with Crippen LogP contribution in [0.15, 0.2) is 79.1 Å². The van der Waals surface area contributed by atoms with Gasteiger partial charge in [-0.3, -0.25) is 10.4 Å². The van der Waals surface area contributed by atoms with Crippen LogP contribution in [-0.2, 0) is 0 Å². The van der Waals surface area contributed by atoms with Gasteiger partial charge in [0.25, 0.3) is 0 Å². The number of nitriles is 1. The van der Waals surface area contributed by atoms with Crippen LogP contribution in [0.25, 0.3) is 22.5 Å². The molecule has 150 valence electrons. The zero-order chi connectivity index (χ0) is 21.8. The maximum atomic E-state index is 9.15. The number of benzene rings is 2. The third-order valence-corrected chi connectivity index (χ3v) is 4.59. The molecule has 0 saturated heterocycles. The second-order valence-corrected chi connectivity index (χ2v) is 6.75. The zero-order valence-corrected chi connectivity index (χ0v) is 16.4. The predicted molar refractivity (Wildman–Crippen MR) is 120 cm³/mol. The molecule has 0 amide bonds. The van der Waals surface area contributed by atoms with E-state index in [0.29, 0.717) is 39.5 Å². The van der Waals surface area contributed by atoms with Gasteiger partial charge in [-0.1, -0.05) is 18.2 Å². The molecule has 0 bridgehead atoms. The number of ether oxygens (including phenoxy) is 1. The monoisotopic (exact) mass is 406 g/mol. The molecule has 0 fully saturated rings. The normalized spacial score (nSPS) is 10.3. The fraction of sp³-hybridized carbons (Fsp3) is 0. The molecule has 0 aliphatic rings. The number of anilines is 1. The van der Waals surface area contributed by atoms with Crippen molar-refractivity contribution in [2.75, 3.05) is 5.73 Å². The number of para-hydroxylation sites is 1. The van der Waals surface area contributed by atoms with Gasteiger partial charge in [-0.2, -0.15) is 5.26 Å². The standard InChI is InChI=1S/C24H18N6O/c25-12-15-10-17(14-29-13-15)21-11-20(26)22(24(27)28)23(30-21)16-6-8-19(9-7-16)31-18-4-2-1-3-5-18/h1-11,13-14H,(H2,26,30)(H3,27,28). The molecule has 0 radical (unpaired) electrons. The summed E-state index contributed by atoms with van der Waals surface area (Å²) in [4.78, 5) is 8.78. The second-order valence-electron chi connectivity index (χ2n) is 6.75. The van der Waals surface area contributed by atoms with Gasteiger partial charge in [0.15, 0.2) is 0 Å². The smallest absolute Gasteiger partial charge is 0.127 e. The van der Waals surface area contributed by atoms with Crippen molar-refractivity contribution in [2.24, 2.45) is 5.73 Å². The van der Waals surface area contributed by atoms with E-state index in [2.05, 4.69) is 11.1 Å². The summed E-state index contributed by atoms with van der Waals surface area (Å²) in [7, 11) is 0. The molecule has 0 unspecified atom stereocenters. The molecule has 0 aliphatic heterocycles. The van der Waals surface area contributed by atoms with Crippen molar-refractivity contribution < 1.29 is 4.74 Å². The highest BCUT2D eigenvalue weighted by atomic mass is 16.5. The molecule has 2 aromatic heterocycles.